The molecule has 0 aliphatic heterocycles. The third kappa shape index (κ3) is 2.51. The van der Waals surface area contributed by atoms with Crippen molar-refractivity contribution in [2.45, 2.75) is 13.3 Å². The molecule has 2 aromatic heterocycles. The largest absolute Gasteiger partial charge is 0.490 e. The summed E-state index contributed by atoms with van der Waals surface area (Å²) in [6.45, 7) is 2.26. The molecule has 102 valence electrons. The first-order valence-corrected chi connectivity index (χ1v) is 5.42. The van der Waals surface area contributed by atoms with Gasteiger partial charge in [0.25, 0.3) is 11.9 Å². The number of aromatic nitrogens is 3. The van der Waals surface area contributed by atoms with Crippen LogP contribution in [-0.2, 0) is 0 Å². The molecule has 0 saturated carbocycles. The van der Waals surface area contributed by atoms with E-state index in [9.17, 15) is 17.6 Å². The lowest BCUT2D eigenvalue weighted by Crippen LogP contribution is -2.09. The zero-order valence-electron chi connectivity index (χ0n) is 9.83. The van der Waals surface area contributed by atoms with Crippen LogP contribution in [-0.4, -0.2) is 21.4 Å². The van der Waals surface area contributed by atoms with Crippen molar-refractivity contribution in [1.82, 2.24) is 14.8 Å². The highest BCUT2D eigenvalue weighted by molar-refractivity contribution is 5.34. The van der Waals surface area contributed by atoms with Crippen LogP contribution in [0, 0.1) is 23.5 Å². The Morgan fingerprint density at radius 3 is 2.37 bits per heavy atom. The summed E-state index contributed by atoms with van der Waals surface area (Å²) in [5.74, 6) is -6.48. The Bertz CT molecular complexity index is 574. The summed E-state index contributed by atoms with van der Waals surface area (Å²) < 4.78 is 58.6. The third-order valence-corrected chi connectivity index (χ3v) is 2.24. The van der Waals surface area contributed by atoms with Crippen LogP contribution in [0.3, 0.4) is 0 Å². The average Bonchev–Trinajstić information content (AvgIpc) is 2.83. The molecule has 0 spiro atoms. The van der Waals surface area contributed by atoms with Gasteiger partial charge >= 0.3 is 0 Å². The monoisotopic (exact) mass is 275 g/mol. The van der Waals surface area contributed by atoms with Gasteiger partial charge in [-0.2, -0.15) is 27.6 Å². The molecule has 4 nitrogen and oxygen atoms in total. The Hall–Kier alpha value is -2.12. The topological polar surface area (TPSA) is 39.9 Å². The first-order valence-electron chi connectivity index (χ1n) is 5.42. The van der Waals surface area contributed by atoms with Crippen LogP contribution >= 0.6 is 0 Å². The summed E-state index contributed by atoms with van der Waals surface area (Å²) in [5, 5.41) is 3.59. The second kappa shape index (κ2) is 5.25. The Balaban J connectivity index is 2.44. The first kappa shape index (κ1) is 13.3. The van der Waals surface area contributed by atoms with Crippen molar-refractivity contribution >= 4 is 0 Å². The summed E-state index contributed by atoms with van der Waals surface area (Å²) in [5.41, 5.74) is -0.976. The van der Waals surface area contributed by atoms with Gasteiger partial charge in [-0.05, 0) is 6.42 Å². The summed E-state index contributed by atoms with van der Waals surface area (Å²) in [6.07, 6.45) is 3.03. The van der Waals surface area contributed by atoms with Crippen LogP contribution < -0.4 is 4.74 Å². The fourth-order valence-corrected chi connectivity index (χ4v) is 1.40. The standard InChI is InChI=1S/C11H9F4N3O/c1-2-3-19-6-4-16-18(5-6)9-7(12)10(14)17-11(15)8(9)13/h4-5H,2-3H2,1H3. The number of ether oxygens (including phenoxy) is 1. The molecule has 2 rings (SSSR count). The molecule has 0 N–H and O–H groups in total. The maximum Gasteiger partial charge on any atom is 0.254 e. The van der Waals surface area contributed by atoms with E-state index < -0.39 is 29.2 Å². The summed E-state index contributed by atoms with van der Waals surface area (Å²) in [7, 11) is 0. The second-order valence-electron chi connectivity index (χ2n) is 3.64. The fourth-order valence-electron chi connectivity index (χ4n) is 1.40. The second-order valence-corrected chi connectivity index (χ2v) is 3.64. The molecule has 0 fully saturated rings. The van der Waals surface area contributed by atoms with Crippen molar-refractivity contribution < 1.29 is 22.3 Å². The number of rotatable bonds is 4. The van der Waals surface area contributed by atoms with E-state index in [1.807, 2.05) is 6.92 Å². The van der Waals surface area contributed by atoms with Gasteiger partial charge in [-0.15, -0.1) is 0 Å². The van der Waals surface area contributed by atoms with Crippen LogP contribution in [0.15, 0.2) is 12.4 Å². The van der Waals surface area contributed by atoms with Crippen molar-refractivity contribution in [1.29, 1.82) is 0 Å². The average molecular weight is 275 g/mol. The Labute approximate surface area is 105 Å². The van der Waals surface area contributed by atoms with Gasteiger partial charge in [0.1, 0.15) is 5.69 Å². The van der Waals surface area contributed by atoms with Crippen molar-refractivity contribution in [3.05, 3.63) is 35.9 Å². The summed E-state index contributed by atoms with van der Waals surface area (Å²) >= 11 is 0. The minimum absolute atomic E-state index is 0.235. The van der Waals surface area contributed by atoms with Crippen LogP contribution in [0.25, 0.3) is 5.69 Å². The molecule has 19 heavy (non-hydrogen) atoms. The van der Waals surface area contributed by atoms with Crippen LogP contribution in [0.5, 0.6) is 5.75 Å². The van der Waals surface area contributed by atoms with E-state index in [4.69, 9.17) is 4.74 Å². The van der Waals surface area contributed by atoms with E-state index >= 15 is 0 Å². The highest BCUT2D eigenvalue weighted by Gasteiger charge is 2.23. The smallest absolute Gasteiger partial charge is 0.254 e. The van der Waals surface area contributed by atoms with E-state index in [0.717, 1.165) is 12.6 Å². The van der Waals surface area contributed by atoms with Crippen LogP contribution in [0.4, 0.5) is 17.6 Å². The van der Waals surface area contributed by atoms with Crippen molar-refractivity contribution in [3.63, 3.8) is 0 Å². The molecule has 0 aromatic carbocycles. The van der Waals surface area contributed by atoms with E-state index in [1.54, 1.807) is 0 Å². The van der Waals surface area contributed by atoms with Gasteiger partial charge in [-0.3, -0.25) is 0 Å². The highest BCUT2D eigenvalue weighted by atomic mass is 19.2. The maximum atomic E-state index is 13.4. The third-order valence-electron chi connectivity index (χ3n) is 2.24. The molecular formula is C11H9F4N3O. The molecule has 0 amide bonds. The van der Waals surface area contributed by atoms with Crippen molar-refractivity contribution in [2.75, 3.05) is 6.61 Å². The minimum atomic E-state index is -1.74. The molecule has 0 saturated heterocycles. The van der Waals surface area contributed by atoms with Gasteiger partial charge in [0.2, 0.25) is 11.6 Å². The first-order chi connectivity index (χ1) is 9.04. The van der Waals surface area contributed by atoms with Gasteiger partial charge in [-0.25, -0.2) is 4.68 Å². The number of halogens is 4. The lowest BCUT2D eigenvalue weighted by Gasteiger charge is -2.05. The normalized spacial score (nSPS) is 10.8. The minimum Gasteiger partial charge on any atom is -0.490 e. The molecule has 0 unspecified atom stereocenters. The van der Waals surface area contributed by atoms with Gasteiger partial charge < -0.3 is 4.74 Å². The van der Waals surface area contributed by atoms with Crippen LogP contribution in [0.2, 0.25) is 0 Å². The Morgan fingerprint density at radius 2 is 1.79 bits per heavy atom. The number of hydrogen-bond donors (Lipinski definition) is 0. The van der Waals surface area contributed by atoms with Crippen molar-refractivity contribution in [2.24, 2.45) is 0 Å². The molecular weight excluding hydrogens is 266 g/mol. The number of nitrogens with zero attached hydrogens (tertiary/aromatic N) is 3. The fraction of sp³-hybridized carbons (Fsp3) is 0.273. The Morgan fingerprint density at radius 1 is 1.16 bits per heavy atom. The zero-order valence-corrected chi connectivity index (χ0v) is 9.83. The predicted molar refractivity (Wildman–Crippen MR) is 57.0 cm³/mol. The maximum absolute atomic E-state index is 13.4. The lowest BCUT2D eigenvalue weighted by molar-refractivity contribution is 0.317. The molecule has 0 atom stereocenters. The molecule has 2 aromatic rings. The van der Waals surface area contributed by atoms with E-state index in [2.05, 4.69) is 10.1 Å². The zero-order chi connectivity index (χ0) is 14.0. The van der Waals surface area contributed by atoms with E-state index in [-0.39, 0.29) is 5.75 Å². The molecule has 0 radical (unpaired) electrons. The Kier molecular flexibility index (Phi) is 3.68. The summed E-state index contributed by atoms with van der Waals surface area (Å²) in [6, 6.07) is 0. The number of hydrogen-bond acceptors (Lipinski definition) is 3. The summed E-state index contributed by atoms with van der Waals surface area (Å²) in [4.78, 5) is 2.46. The molecule has 2 heterocycles. The van der Waals surface area contributed by atoms with E-state index in [1.165, 1.54) is 6.20 Å². The number of pyridine rings is 1. The molecule has 0 aliphatic rings. The molecule has 8 heteroatoms. The molecule has 0 aliphatic carbocycles. The quantitative estimate of drug-likeness (QED) is 0.636. The van der Waals surface area contributed by atoms with Gasteiger partial charge in [0.05, 0.1) is 19.0 Å². The van der Waals surface area contributed by atoms with Crippen LogP contribution in [0.1, 0.15) is 13.3 Å². The van der Waals surface area contributed by atoms with Gasteiger partial charge in [-0.1, -0.05) is 6.92 Å². The van der Waals surface area contributed by atoms with E-state index in [0.29, 0.717) is 11.3 Å². The van der Waals surface area contributed by atoms with Gasteiger partial charge in [0.15, 0.2) is 5.75 Å². The van der Waals surface area contributed by atoms with Crippen molar-refractivity contribution in [3.8, 4) is 11.4 Å². The molecule has 0 bridgehead atoms. The SMILES string of the molecule is CCCOc1cnn(-c2c(F)c(F)nc(F)c2F)c1. The van der Waals surface area contributed by atoms with Gasteiger partial charge in [0, 0.05) is 0 Å². The highest BCUT2D eigenvalue weighted by Crippen LogP contribution is 2.22. The predicted octanol–water partition coefficient (Wildman–Crippen LogP) is 2.61. The lowest BCUT2D eigenvalue weighted by atomic mass is 10.3.